The second kappa shape index (κ2) is 6.57. The summed E-state index contributed by atoms with van der Waals surface area (Å²) in [6.07, 6.45) is 11.9. The van der Waals surface area contributed by atoms with Crippen LogP contribution in [0.4, 0.5) is 0 Å². The zero-order valence-corrected chi connectivity index (χ0v) is 13.6. The molecule has 1 amide bonds. The first-order valence-electron chi connectivity index (χ1n) is 9.06. The van der Waals surface area contributed by atoms with Gasteiger partial charge < -0.3 is 4.90 Å². The van der Waals surface area contributed by atoms with E-state index in [2.05, 4.69) is 26.8 Å². The van der Waals surface area contributed by atoms with Crippen LogP contribution in [-0.4, -0.2) is 34.4 Å². The van der Waals surface area contributed by atoms with E-state index < -0.39 is 0 Å². The number of likely N-dealkylation sites (tertiary alicyclic amines) is 1. The molecular weight excluding hydrogens is 288 g/mol. The SMILES string of the molecule is O=C(C1NNC2CCCCC21)N1CCCC[C@@H]1c1cccnc1. The second-order valence-electron chi connectivity index (χ2n) is 7.15. The number of piperidine rings is 1. The first-order valence-corrected chi connectivity index (χ1v) is 9.06. The van der Waals surface area contributed by atoms with E-state index in [1.165, 1.54) is 31.2 Å². The summed E-state index contributed by atoms with van der Waals surface area (Å²) in [7, 11) is 0. The standard InChI is InChI=1S/C18H26N4O/c23-18(17-14-7-1-2-8-15(14)20-21-17)22-11-4-3-9-16(22)13-6-5-10-19-12-13/h5-6,10,12,14-17,20-21H,1-4,7-9,11H2/t14?,15?,16-,17?/m1/s1. The molecule has 5 nitrogen and oxygen atoms in total. The molecule has 3 aliphatic rings. The molecule has 2 N–H and O–H groups in total. The van der Waals surface area contributed by atoms with Crippen LogP contribution in [0.3, 0.4) is 0 Å². The molecule has 1 aliphatic carbocycles. The van der Waals surface area contributed by atoms with Gasteiger partial charge in [0.1, 0.15) is 6.04 Å². The third-order valence-electron chi connectivity index (χ3n) is 5.79. The first kappa shape index (κ1) is 15.1. The quantitative estimate of drug-likeness (QED) is 0.878. The lowest BCUT2D eigenvalue weighted by Gasteiger charge is -2.38. The molecule has 4 atom stereocenters. The lowest BCUT2D eigenvalue weighted by Crippen LogP contribution is -2.50. The molecular formula is C18H26N4O. The van der Waals surface area contributed by atoms with Crippen molar-refractivity contribution in [2.75, 3.05) is 6.54 Å². The normalized spacial score (nSPS) is 34.2. The number of carbonyl (C=O) groups is 1. The van der Waals surface area contributed by atoms with Crippen molar-refractivity contribution in [2.45, 2.75) is 63.1 Å². The van der Waals surface area contributed by atoms with E-state index in [0.717, 1.165) is 25.8 Å². The number of hydrazine groups is 1. The van der Waals surface area contributed by atoms with Gasteiger partial charge in [0.05, 0.1) is 6.04 Å². The van der Waals surface area contributed by atoms with Crippen LogP contribution in [0.15, 0.2) is 24.5 Å². The van der Waals surface area contributed by atoms with Crippen LogP contribution in [-0.2, 0) is 4.79 Å². The lowest BCUT2D eigenvalue weighted by atomic mass is 9.81. The van der Waals surface area contributed by atoms with Gasteiger partial charge in [-0.05, 0) is 43.7 Å². The lowest BCUT2D eigenvalue weighted by molar-refractivity contribution is -0.138. The van der Waals surface area contributed by atoms with Gasteiger partial charge in [0.25, 0.3) is 0 Å². The van der Waals surface area contributed by atoms with Crippen LogP contribution in [0.2, 0.25) is 0 Å². The van der Waals surface area contributed by atoms with Crippen LogP contribution >= 0.6 is 0 Å². The molecule has 124 valence electrons. The number of nitrogens with one attached hydrogen (secondary N) is 2. The Morgan fingerprint density at radius 2 is 2.00 bits per heavy atom. The maximum Gasteiger partial charge on any atom is 0.241 e. The Hall–Kier alpha value is -1.46. The van der Waals surface area contributed by atoms with Gasteiger partial charge in [-0.2, -0.15) is 0 Å². The predicted octanol–water partition coefficient (Wildman–Crippen LogP) is 2.17. The molecule has 1 saturated carbocycles. The van der Waals surface area contributed by atoms with Crippen molar-refractivity contribution in [1.82, 2.24) is 20.7 Å². The van der Waals surface area contributed by atoms with E-state index in [4.69, 9.17) is 0 Å². The van der Waals surface area contributed by atoms with E-state index in [1.54, 1.807) is 6.20 Å². The summed E-state index contributed by atoms with van der Waals surface area (Å²) in [6.45, 7) is 0.869. The van der Waals surface area contributed by atoms with Crippen molar-refractivity contribution >= 4 is 5.91 Å². The van der Waals surface area contributed by atoms with Crippen LogP contribution in [0, 0.1) is 5.92 Å². The van der Waals surface area contributed by atoms with E-state index >= 15 is 0 Å². The van der Waals surface area contributed by atoms with Crippen LogP contribution in [0.5, 0.6) is 0 Å². The Morgan fingerprint density at radius 3 is 2.87 bits per heavy atom. The molecule has 3 heterocycles. The molecule has 4 rings (SSSR count). The average Bonchev–Trinajstić information content (AvgIpc) is 3.06. The predicted molar refractivity (Wildman–Crippen MR) is 88.3 cm³/mol. The van der Waals surface area contributed by atoms with Gasteiger partial charge in [0.15, 0.2) is 0 Å². The molecule has 2 saturated heterocycles. The van der Waals surface area contributed by atoms with Crippen molar-refractivity contribution in [3.8, 4) is 0 Å². The summed E-state index contributed by atoms with van der Waals surface area (Å²) in [4.78, 5) is 19.6. The number of hydrogen-bond donors (Lipinski definition) is 2. The van der Waals surface area contributed by atoms with Gasteiger partial charge in [-0.3, -0.25) is 15.2 Å². The molecule has 3 unspecified atom stereocenters. The summed E-state index contributed by atoms with van der Waals surface area (Å²) < 4.78 is 0. The maximum atomic E-state index is 13.2. The number of hydrogen-bond acceptors (Lipinski definition) is 4. The molecule has 0 bridgehead atoms. The van der Waals surface area contributed by atoms with E-state index in [1.807, 2.05) is 12.3 Å². The Morgan fingerprint density at radius 1 is 1.13 bits per heavy atom. The molecule has 1 aromatic heterocycles. The summed E-state index contributed by atoms with van der Waals surface area (Å²) in [5.74, 6) is 0.730. The van der Waals surface area contributed by atoms with E-state index in [9.17, 15) is 4.79 Å². The summed E-state index contributed by atoms with van der Waals surface area (Å²) in [5, 5.41) is 0. The van der Waals surface area contributed by atoms with Gasteiger partial charge in [0, 0.05) is 30.9 Å². The number of amides is 1. The fraction of sp³-hybridized carbons (Fsp3) is 0.667. The molecule has 0 aromatic carbocycles. The number of pyridine rings is 1. The number of aromatic nitrogens is 1. The van der Waals surface area contributed by atoms with Gasteiger partial charge in [-0.25, -0.2) is 5.43 Å². The molecule has 2 aliphatic heterocycles. The number of fused-ring (bicyclic) bond motifs is 1. The highest BCUT2D eigenvalue weighted by Gasteiger charge is 2.44. The summed E-state index contributed by atoms with van der Waals surface area (Å²) >= 11 is 0. The maximum absolute atomic E-state index is 13.2. The molecule has 3 fully saturated rings. The van der Waals surface area contributed by atoms with Crippen molar-refractivity contribution in [3.05, 3.63) is 30.1 Å². The van der Waals surface area contributed by atoms with Crippen LogP contribution in [0.1, 0.15) is 56.6 Å². The Kier molecular flexibility index (Phi) is 4.31. The minimum Gasteiger partial charge on any atom is -0.334 e. The van der Waals surface area contributed by atoms with E-state index in [0.29, 0.717) is 12.0 Å². The zero-order chi connectivity index (χ0) is 15.6. The molecule has 1 aromatic rings. The van der Waals surface area contributed by atoms with Gasteiger partial charge in [-0.1, -0.05) is 18.9 Å². The average molecular weight is 314 g/mol. The summed E-state index contributed by atoms with van der Waals surface area (Å²) in [5.41, 5.74) is 7.86. The highest BCUT2D eigenvalue weighted by atomic mass is 16.2. The zero-order valence-electron chi connectivity index (χ0n) is 13.6. The monoisotopic (exact) mass is 314 g/mol. The fourth-order valence-electron chi connectivity index (χ4n) is 4.58. The van der Waals surface area contributed by atoms with Crippen molar-refractivity contribution in [2.24, 2.45) is 5.92 Å². The summed E-state index contributed by atoms with van der Waals surface area (Å²) in [6, 6.07) is 4.68. The van der Waals surface area contributed by atoms with Crippen molar-refractivity contribution in [3.63, 3.8) is 0 Å². The third-order valence-corrected chi connectivity index (χ3v) is 5.79. The molecule has 5 heteroatoms. The van der Waals surface area contributed by atoms with Gasteiger partial charge in [0.2, 0.25) is 5.91 Å². The number of rotatable bonds is 2. The van der Waals surface area contributed by atoms with Crippen molar-refractivity contribution in [1.29, 1.82) is 0 Å². The van der Waals surface area contributed by atoms with Gasteiger partial charge >= 0.3 is 0 Å². The Balaban J connectivity index is 1.54. The number of carbonyl (C=O) groups excluding carboxylic acids is 1. The minimum atomic E-state index is -0.0578. The highest BCUT2D eigenvalue weighted by molar-refractivity contribution is 5.83. The first-order chi connectivity index (χ1) is 11.3. The topological polar surface area (TPSA) is 57.3 Å². The van der Waals surface area contributed by atoms with Crippen LogP contribution in [0.25, 0.3) is 0 Å². The number of nitrogens with zero attached hydrogens (tertiary/aromatic N) is 2. The van der Waals surface area contributed by atoms with Gasteiger partial charge in [-0.15, -0.1) is 0 Å². The highest BCUT2D eigenvalue weighted by Crippen LogP contribution is 2.35. The van der Waals surface area contributed by atoms with Crippen molar-refractivity contribution < 1.29 is 4.79 Å². The second-order valence-corrected chi connectivity index (χ2v) is 7.15. The third kappa shape index (κ3) is 2.88. The van der Waals surface area contributed by atoms with Crippen LogP contribution < -0.4 is 10.9 Å². The van der Waals surface area contributed by atoms with E-state index in [-0.39, 0.29) is 18.0 Å². The Bertz CT molecular complexity index is 549. The fourth-order valence-corrected chi connectivity index (χ4v) is 4.58. The Labute approximate surface area is 137 Å². The molecule has 23 heavy (non-hydrogen) atoms. The smallest absolute Gasteiger partial charge is 0.241 e. The minimum absolute atomic E-state index is 0.0578. The largest absolute Gasteiger partial charge is 0.334 e. The molecule has 0 spiro atoms. The molecule has 0 radical (unpaired) electrons.